The van der Waals surface area contributed by atoms with Crippen molar-refractivity contribution in [3.8, 4) is 0 Å². The van der Waals surface area contributed by atoms with E-state index in [1.807, 2.05) is 0 Å². The number of carboxylic acid groups (broad SMARTS) is 1. The number of rotatable bonds is 7. The molecule has 4 N–H and O–H groups in total. The topological polar surface area (TPSA) is 128 Å². The Labute approximate surface area is 154 Å². The average Bonchev–Trinajstić information content (AvgIpc) is 2.39. The van der Waals surface area contributed by atoms with Crippen molar-refractivity contribution in [1.29, 1.82) is 0 Å². The normalized spacial score (nSPS) is 12.3. The van der Waals surface area contributed by atoms with E-state index in [-0.39, 0.29) is 6.47 Å². The minimum Gasteiger partial charge on any atom is -0.483 e. The molecular formula is C16H32N2O6S. The number of carbonyl (C=O) groups is 3. The molecule has 0 saturated heterocycles. The van der Waals surface area contributed by atoms with Crippen LogP contribution in [0.15, 0.2) is 0 Å². The van der Waals surface area contributed by atoms with Gasteiger partial charge in [0.2, 0.25) is 0 Å². The van der Waals surface area contributed by atoms with E-state index in [2.05, 4.69) is 5.32 Å². The molecule has 9 heteroatoms. The lowest BCUT2D eigenvalue weighted by molar-refractivity contribution is -0.157. The third-order valence-corrected chi connectivity index (χ3v) is 3.24. The molecule has 0 saturated carbocycles. The first-order valence-electron chi connectivity index (χ1n) is 7.94. The fraction of sp³-hybridized carbons (Fsp3) is 0.812. The van der Waals surface area contributed by atoms with Crippen molar-refractivity contribution in [3.05, 3.63) is 0 Å². The first-order chi connectivity index (χ1) is 11.4. The van der Waals surface area contributed by atoms with Gasteiger partial charge in [-0.2, -0.15) is 11.8 Å². The van der Waals surface area contributed by atoms with Crippen molar-refractivity contribution in [2.24, 2.45) is 5.73 Å². The van der Waals surface area contributed by atoms with E-state index in [0.29, 0.717) is 18.7 Å². The van der Waals surface area contributed by atoms with E-state index in [9.17, 15) is 9.59 Å². The predicted molar refractivity (Wildman–Crippen MR) is 98.7 cm³/mol. The highest BCUT2D eigenvalue weighted by molar-refractivity contribution is 7.99. The Morgan fingerprint density at radius 1 is 1.12 bits per heavy atom. The minimum atomic E-state index is -0.723. The molecular weight excluding hydrogens is 348 g/mol. The van der Waals surface area contributed by atoms with E-state index >= 15 is 0 Å². The highest BCUT2D eigenvalue weighted by Gasteiger charge is 2.28. The van der Waals surface area contributed by atoms with E-state index in [4.69, 9.17) is 25.1 Å². The fourth-order valence-corrected chi connectivity index (χ4v) is 2.23. The Morgan fingerprint density at radius 2 is 1.60 bits per heavy atom. The number of ether oxygens (including phenoxy) is 2. The number of alkyl carbamates (subject to hydrolysis) is 1. The first kappa shape index (κ1) is 25.8. The Hall–Kier alpha value is -1.48. The van der Waals surface area contributed by atoms with E-state index in [1.165, 1.54) is 0 Å². The minimum absolute atomic E-state index is 0.250. The zero-order valence-electron chi connectivity index (χ0n) is 16.0. The van der Waals surface area contributed by atoms with Crippen LogP contribution in [0.4, 0.5) is 4.79 Å². The fourth-order valence-electron chi connectivity index (χ4n) is 1.46. The number of amides is 1. The largest absolute Gasteiger partial charge is 0.483 e. The zero-order valence-corrected chi connectivity index (χ0v) is 16.8. The number of nitrogens with one attached hydrogen (secondary N) is 1. The van der Waals surface area contributed by atoms with Crippen LogP contribution < -0.4 is 11.1 Å². The van der Waals surface area contributed by atoms with Gasteiger partial charge in [-0.15, -0.1) is 0 Å². The number of carbonyl (C=O) groups excluding carboxylic acids is 2. The molecule has 25 heavy (non-hydrogen) atoms. The molecule has 1 amide bonds. The van der Waals surface area contributed by atoms with Crippen LogP contribution in [0.2, 0.25) is 0 Å². The van der Waals surface area contributed by atoms with E-state index in [0.717, 1.165) is 5.75 Å². The molecule has 0 radical (unpaired) electrons. The van der Waals surface area contributed by atoms with Gasteiger partial charge in [0.15, 0.2) is 0 Å². The average molecular weight is 381 g/mol. The summed E-state index contributed by atoms with van der Waals surface area (Å²) in [5.74, 6) is 1.07. The van der Waals surface area contributed by atoms with Crippen LogP contribution >= 0.6 is 11.8 Å². The molecule has 0 bridgehead atoms. The first-order valence-corrected chi connectivity index (χ1v) is 9.09. The second-order valence-electron chi connectivity index (χ2n) is 7.03. The number of thioether (sulfide) groups is 1. The second kappa shape index (κ2) is 12.8. The molecule has 8 nitrogen and oxygen atoms in total. The Morgan fingerprint density at radius 3 is 2.00 bits per heavy atom. The number of hydrogen-bond acceptors (Lipinski definition) is 7. The van der Waals surface area contributed by atoms with Gasteiger partial charge in [0.1, 0.15) is 17.2 Å². The lowest BCUT2D eigenvalue weighted by atomic mass is 10.1. The lowest BCUT2D eigenvalue weighted by Gasteiger charge is -2.26. The molecule has 0 aromatic carbocycles. The zero-order chi connectivity index (χ0) is 20.1. The van der Waals surface area contributed by atoms with Crippen molar-refractivity contribution in [2.45, 2.75) is 65.2 Å². The van der Waals surface area contributed by atoms with Crippen LogP contribution in [0.5, 0.6) is 0 Å². The van der Waals surface area contributed by atoms with Gasteiger partial charge in [-0.25, -0.2) is 9.59 Å². The number of hydrogen-bond donors (Lipinski definition) is 3. The van der Waals surface area contributed by atoms with Gasteiger partial charge in [-0.05, 0) is 53.7 Å². The maximum Gasteiger partial charge on any atom is 0.408 e. The molecule has 0 aromatic heterocycles. The number of esters is 1. The highest BCUT2D eigenvalue weighted by Crippen LogP contribution is 2.13. The summed E-state index contributed by atoms with van der Waals surface area (Å²) in [5, 5.41) is 9.48. The molecule has 1 atom stereocenters. The maximum absolute atomic E-state index is 12.2. The van der Waals surface area contributed by atoms with Gasteiger partial charge in [0.25, 0.3) is 6.47 Å². The van der Waals surface area contributed by atoms with Crippen LogP contribution in [-0.4, -0.2) is 58.9 Å². The number of nitrogens with two attached hydrogens (primary N) is 1. The van der Waals surface area contributed by atoms with Crippen molar-refractivity contribution in [2.75, 3.05) is 18.1 Å². The Kier molecular flexibility index (Phi) is 13.2. The smallest absolute Gasteiger partial charge is 0.408 e. The van der Waals surface area contributed by atoms with Gasteiger partial charge in [0, 0.05) is 12.3 Å². The molecule has 1 unspecified atom stereocenters. The molecule has 148 valence electrons. The summed E-state index contributed by atoms with van der Waals surface area (Å²) in [6.45, 7) is 11.0. The summed E-state index contributed by atoms with van der Waals surface area (Å²) in [6.07, 6.45) is -0.147. The third-order valence-electron chi connectivity index (χ3n) is 2.20. The van der Waals surface area contributed by atoms with Gasteiger partial charge < -0.3 is 25.6 Å². The highest BCUT2D eigenvalue weighted by atomic mass is 32.2. The Balaban J connectivity index is 0. The Bertz CT molecular complexity index is 404. The predicted octanol–water partition coefficient (Wildman–Crippen LogP) is 2.00. The lowest BCUT2D eigenvalue weighted by Crippen LogP contribution is -2.46. The van der Waals surface area contributed by atoms with E-state index < -0.39 is 29.3 Å². The van der Waals surface area contributed by atoms with Crippen molar-refractivity contribution in [3.63, 3.8) is 0 Å². The van der Waals surface area contributed by atoms with E-state index in [1.54, 1.807) is 53.3 Å². The monoisotopic (exact) mass is 380 g/mol. The molecule has 0 rings (SSSR count). The summed E-state index contributed by atoms with van der Waals surface area (Å²) < 4.78 is 10.5. The molecule has 0 aromatic rings. The van der Waals surface area contributed by atoms with Crippen LogP contribution in [0.25, 0.3) is 0 Å². The molecule has 0 aliphatic heterocycles. The van der Waals surface area contributed by atoms with Gasteiger partial charge in [-0.3, -0.25) is 4.79 Å². The summed E-state index contributed by atoms with van der Waals surface area (Å²) in [4.78, 5) is 32.4. The molecule has 0 heterocycles. The van der Waals surface area contributed by atoms with Gasteiger partial charge in [0.05, 0.1) is 0 Å². The van der Waals surface area contributed by atoms with Gasteiger partial charge >= 0.3 is 12.1 Å². The summed E-state index contributed by atoms with van der Waals surface area (Å²) >= 11 is 1.63. The molecule has 0 fully saturated rings. The van der Waals surface area contributed by atoms with Crippen LogP contribution in [0.3, 0.4) is 0 Å². The summed E-state index contributed by atoms with van der Waals surface area (Å²) in [6, 6.07) is -0.723. The van der Waals surface area contributed by atoms with Crippen LogP contribution in [0.1, 0.15) is 48.0 Å². The standard InChI is InChI=1S/C15H30N2O4S.CH2O2/c1-14(2,3)20-12(18)11(7-9-22-10-8-16)17-13(19)21-15(4,5)6;2-1-3/h11H,7-10,16H2,1-6H3,(H,17,19);1H,(H,2,3). The summed E-state index contributed by atoms with van der Waals surface area (Å²) in [7, 11) is 0. The van der Waals surface area contributed by atoms with Gasteiger partial charge in [-0.1, -0.05) is 0 Å². The third kappa shape index (κ3) is 18.7. The van der Waals surface area contributed by atoms with Crippen molar-refractivity contribution < 1.29 is 29.0 Å². The van der Waals surface area contributed by atoms with Crippen LogP contribution in [-0.2, 0) is 19.1 Å². The summed E-state index contributed by atoms with van der Waals surface area (Å²) in [5.41, 5.74) is 4.22. The molecule has 0 spiro atoms. The SMILES string of the molecule is CC(C)(C)OC(=O)NC(CCSCCN)C(=O)OC(C)(C)C.O=CO. The molecule has 0 aliphatic rings. The quantitative estimate of drug-likeness (QED) is 0.347. The molecule has 0 aliphatic carbocycles. The van der Waals surface area contributed by atoms with Crippen molar-refractivity contribution in [1.82, 2.24) is 5.32 Å². The maximum atomic E-state index is 12.2. The second-order valence-corrected chi connectivity index (χ2v) is 8.25. The van der Waals surface area contributed by atoms with Crippen molar-refractivity contribution >= 4 is 30.3 Å². The van der Waals surface area contributed by atoms with Crippen LogP contribution in [0, 0.1) is 0 Å².